The number of hydrogen-bond donors (Lipinski definition) is 1. The van der Waals surface area contributed by atoms with Gasteiger partial charge in [0, 0.05) is 0 Å². The van der Waals surface area contributed by atoms with Crippen molar-refractivity contribution in [1.82, 2.24) is 20.2 Å². The van der Waals surface area contributed by atoms with Gasteiger partial charge in [-0.2, -0.15) is 0 Å². The van der Waals surface area contributed by atoms with Gasteiger partial charge in [-0.15, -0.1) is 0 Å². The first-order valence-corrected chi connectivity index (χ1v) is 4.77. The summed E-state index contributed by atoms with van der Waals surface area (Å²) in [5.74, 6) is 0.433. The minimum atomic E-state index is 0.433. The highest BCUT2D eigenvalue weighted by Gasteiger charge is 2.42. The molecular formula is C8H15N5. The second kappa shape index (κ2) is 2.97. The van der Waals surface area contributed by atoms with E-state index in [1.54, 1.807) is 4.68 Å². The summed E-state index contributed by atoms with van der Waals surface area (Å²) in [5, 5.41) is 11.1. The van der Waals surface area contributed by atoms with E-state index in [0.29, 0.717) is 11.4 Å². The van der Waals surface area contributed by atoms with Gasteiger partial charge in [0.1, 0.15) is 0 Å². The summed E-state index contributed by atoms with van der Waals surface area (Å²) in [6.45, 7) is 3.10. The molecule has 1 heterocycles. The molecule has 1 fully saturated rings. The zero-order valence-corrected chi connectivity index (χ0v) is 7.90. The third kappa shape index (κ3) is 1.64. The molecule has 72 valence electrons. The van der Waals surface area contributed by atoms with Gasteiger partial charge in [0.2, 0.25) is 5.95 Å². The van der Waals surface area contributed by atoms with Crippen LogP contribution in [-0.2, 0) is 6.54 Å². The fourth-order valence-corrected chi connectivity index (χ4v) is 1.84. The van der Waals surface area contributed by atoms with Crippen LogP contribution in [0.25, 0.3) is 0 Å². The highest BCUT2D eigenvalue weighted by atomic mass is 15.6. The first-order chi connectivity index (χ1) is 6.26. The van der Waals surface area contributed by atoms with E-state index in [2.05, 4.69) is 22.4 Å². The summed E-state index contributed by atoms with van der Waals surface area (Å²) in [6, 6.07) is 0. The molecule has 1 aliphatic rings. The summed E-state index contributed by atoms with van der Waals surface area (Å²) >= 11 is 0. The highest BCUT2D eigenvalue weighted by molar-refractivity contribution is 5.11. The average molecular weight is 181 g/mol. The molecule has 13 heavy (non-hydrogen) atoms. The maximum Gasteiger partial charge on any atom is 0.240 e. The Morgan fingerprint density at radius 3 is 2.77 bits per heavy atom. The zero-order chi connectivity index (χ0) is 9.31. The second-order valence-corrected chi connectivity index (χ2v) is 3.94. The van der Waals surface area contributed by atoms with Gasteiger partial charge in [-0.1, -0.05) is 18.4 Å². The molecule has 0 saturated heterocycles. The lowest BCUT2D eigenvalue weighted by molar-refractivity contribution is 0.366. The van der Waals surface area contributed by atoms with Gasteiger partial charge in [-0.05, 0) is 35.1 Å². The van der Waals surface area contributed by atoms with Crippen LogP contribution in [0.4, 0.5) is 5.95 Å². The number of rotatable bonds is 4. The van der Waals surface area contributed by atoms with E-state index in [9.17, 15) is 0 Å². The summed E-state index contributed by atoms with van der Waals surface area (Å²) in [6.07, 6.45) is 5.06. The summed E-state index contributed by atoms with van der Waals surface area (Å²) in [4.78, 5) is 0. The predicted octanol–water partition coefficient (Wildman–Crippen LogP) is 0.836. The first kappa shape index (κ1) is 8.47. The number of tetrazole rings is 1. The van der Waals surface area contributed by atoms with Crippen LogP contribution in [0.15, 0.2) is 0 Å². The van der Waals surface area contributed by atoms with Crippen LogP contribution >= 0.6 is 0 Å². The van der Waals surface area contributed by atoms with Crippen LogP contribution in [-0.4, -0.2) is 20.2 Å². The van der Waals surface area contributed by atoms with Crippen molar-refractivity contribution in [3.8, 4) is 0 Å². The molecule has 1 aromatic heterocycles. The van der Waals surface area contributed by atoms with Gasteiger partial charge in [0.15, 0.2) is 0 Å². The lowest BCUT2D eigenvalue weighted by Crippen LogP contribution is -2.15. The van der Waals surface area contributed by atoms with Crippen molar-refractivity contribution >= 4 is 5.95 Å². The Kier molecular flexibility index (Phi) is 1.94. The van der Waals surface area contributed by atoms with Crippen molar-refractivity contribution in [3.63, 3.8) is 0 Å². The molecule has 0 aliphatic heterocycles. The number of anilines is 1. The summed E-state index contributed by atoms with van der Waals surface area (Å²) in [7, 11) is 0. The molecule has 1 aromatic rings. The van der Waals surface area contributed by atoms with E-state index in [1.807, 2.05) is 0 Å². The SMILES string of the molecule is CCCC1(Cn2nnnc2N)CC1. The predicted molar refractivity (Wildman–Crippen MR) is 48.8 cm³/mol. The molecule has 1 saturated carbocycles. The van der Waals surface area contributed by atoms with Gasteiger partial charge in [0.25, 0.3) is 0 Å². The number of aromatic nitrogens is 4. The molecule has 0 bridgehead atoms. The van der Waals surface area contributed by atoms with Gasteiger partial charge >= 0.3 is 0 Å². The third-order valence-electron chi connectivity index (χ3n) is 2.78. The topological polar surface area (TPSA) is 69.6 Å². The molecule has 5 nitrogen and oxygen atoms in total. The fourth-order valence-electron chi connectivity index (χ4n) is 1.84. The minimum Gasteiger partial charge on any atom is -0.367 e. The van der Waals surface area contributed by atoms with Gasteiger partial charge in [-0.25, -0.2) is 4.68 Å². The maximum absolute atomic E-state index is 5.60. The largest absolute Gasteiger partial charge is 0.367 e. The van der Waals surface area contributed by atoms with E-state index in [1.165, 1.54) is 25.7 Å². The Balaban J connectivity index is 2.02. The van der Waals surface area contributed by atoms with Crippen LogP contribution in [0.1, 0.15) is 32.6 Å². The van der Waals surface area contributed by atoms with E-state index < -0.39 is 0 Å². The summed E-state index contributed by atoms with van der Waals surface area (Å²) in [5.41, 5.74) is 6.06. The zero-order valence-electron chi connectivity index (χ0n) is 7.90. The van der Waals surface area contributed by atoms with Crippen molar-refractivity contribution in [1.29, 1.82) is 0 Å². The Morgan fingerprint density at radius 1 is 1.54 bits per heavy atom. The van der Waals surface area contributed by atoms with Crippen molar-refractivity contribution in [2.45, 2.75) is 39.2 Å². The molecule has 1 aliphatic carbocycles. The molecule has 0 spiro atoms. The van der Waals surface area contributed by atoms with Crippen molar-refractivity contribution in [3.05, 3.63) is 0 Å². The quantitative estimate of drug-likeness (QED) is 0.747. The molecule has 2 rings (SSSR count). The molecule has 2 N–H and O–H groups in total. The smallest absolute Gasteiger partial charge is 0.240 e. The molecule has 0 radical (unpaired) electrons. The Bertz CT molecular complexity index is 288. The lowest BCUT2D eigenvalue weighted by atomic mass is 10.0. The second-order valence-electron chi connectivity index (χ2n) is 3.94. The number of hydrogen-bond acceptors (Lipinski definition) is 4. The van der Waals surface area contributed by atoms with E-state index in [0.717, 1.165) is 6.54 Å². The van der Waals surface area contributed by atoms with Gasteiger partial charge in [0.05, 0.1) is 6.54 Å². The van der Waals surface area contributed by atoms with Crippen LogP contribution in [0.3, 0.4) is 0 Å². The molecule has 5 heteroatoms. The molecule has 0 unspecified atom stereocenters. The first-order valence-electron chi connectivity index (χ1n) is 4.77. The van der Waals surface area contributed by atoms with Gasteiger partial charge < -0.3 is 5.73 Å². The highest BCUT2D eigenvalue weighted by Crippen LogP contribution is 2.50. The van der Waals surface area contributed by atoms with Crippen molar-refractivity contribution < 1.29 is 0 Å². The van der Waals surface area contributed by atoms with Gasteiger partial charge in [-0.3, -0.25) is 0 Å². The standard InChI is InChI=1S/C8H15N5/c1-2-3-8(4-5-8)6-13-7(9)10-11-12-13/h2-6H2,1H3,(H2,9,10,12). The van der Waals surface area contributed by atoms with E-state index in [-0.39, 0.29) is 0 Å². The molecule has 0 aromatic carbocycles. The van der Waals surface area contributed by atoms with Crippen molar-refractivity contribution in [2.75, 3.05) is 5.73 Å². The van der Waals surface area contributed by atoms with E-state index in [4.69, 9.17) is 5.73 Å². The number of nitrogens with two attached hydrogens (primary N) is 1. The van der Waals surface area contributed by atoms with Crippen LogP contribution < -0.4 is 5.73 Å². The average Bonchev–Trinajstić information content (AvgIpc) is 2.73. The van der Waals surface area contributed by atoms with Crippen molar-refractivity contribution in [2.24, 2.45) is 5.41 Å². The fraction of sp³-hybridized carbons (Fsp3) is 0.875. The molecule has 0 amide bonds. The third-order valence-corrected chi connectivity index (χ3v) is 2.78. The molecule has 0 atom stereocenters. The number of nitrogens with zero attached hydrogens (tertiary/aromatic N) is 4. The maximum atomic E-state index is 5.60. The van der Waals surface area contributed by atoms with E-state index >= 15 is 0 Å². The van der Waals surface area contributed by atoms with Crippen LogP contribution in [0, 0.1) is 5.41 Å². The normalized spacial score (nSPS) is 18.8. The summed E-state index contributed by atoms with van der Waals surface area (Å²) < 4.78 is 1.71. The Morgan fingerprint density at radius 2 is 2.31 bits per heavy atom. The minimum absolute atomic E-state index is 0.433. The molecular weight excluding hydrogens is 166 g/mol. The Labute approximate surface area is 77.3 Å². The van der Waals surface area contributed by atoms with Crippen LogP contribution in [0.2, 0.25) is 0 Å². The lowest BCUT2D eigenvalue weighted by Gasteiger charge is -2.12. The monoisotopic (exact) mass is 181 g/mol. The number of nitrogen functional groups attached to an aromatic ring is 1. The Hall–Kier alpha value is -1.13. The van der Waals surface area contributed by atoms with Crippen LogP contribution in [0.5, 0.6) is 0 Å².